The molecule has 8 heteroatoms. The van der Waals surface area contributed by atoms with Gasteiger partial charge in [-0.05, 0) is 59.7 Å². The zero-order chi connectivity index (χ0) is 21.3. The van der Waals surface area contributed by atoms with Crippen LogP contribution in [0.3, 0.4) is 0 Å². The second kappa shape index (κ2) is 7.90. The summed E-state index contributed by atoms with van der Waals surface area (Å²) in [5, 5.41) is 7.66. The smallest absolute Gasteiger partial charge is 0.368 e. The number of rotatable bonds is 5. The van der Waals surface area contributed by atoms with Crippen molar-refractivity contribution in [1.29, 1.82) is 0 Å². The fraction of sp³-hybridized carbons (Fsp3) is 0.182. The molecule has 0 aliphatic heterocycles. The molecule has 0 unspecified atom stereocenters. The Labute approximate surface area is 172 Å². The molecular formula is C22H20FN5O2. The first-order valence-electron chi connectivity index (χ1n) is 9.37. The van der Waals surface area contributed by atoms with Gasteiger partial charge >= 0.3 is 5.69 Å². The molecule has 4 rings (SSSR count). The zero-order valence-electron chi connectivity index (χ0n) is 16.8. The van der Waals surface area contributed by atoms with E-state index in [9.17, 15) is 9.18 Å². The standard InChI is InChI=1S/C22H20FN5O2/c1-14-5-4-6-20(28-22(29)27(3)25-26-28)18(14)13-30-21-11-16(9-10-19(21)23)17-8-7-15(2)24-12-17/h4-12H,13H2,1-3H3. The molecule has 0 saturated carbocycles. The maximum absolute atomic E-state index is 14.4. The highest BCUT2D eigenvalue weighted by Crippen LogP contribution is 2.28. The summed E-state index contributed by atoms with van der Waals surface area (Å²) in [7, 11) is 1.53. The van der Waals surface area contributed by atoms with E-state index >= 15 is 0 Å². The van der Waals surface area contributed by atoms with Crippen LogP contribution in [0.4, 0.5) is 4.39 Å². The Kier molecular flexibility index (Phi) is 5.14. The number of hydrogen-bond donors (Lipinski definition) is 0. The Morgan fingerprint density at radius 1 is 1.03 bits per heavy atom. The Morgan fingerprint density at radius 2 is 1.83 bits per heavy atom. The van der Waals surface area contributed by atoms with Crippen molar-refractivity contribution >= 4 is 0 Å². The number of ether oxygens (including phenoxy) is 1. The SMILES string of the molecule is Cc1ccc(-c2ccc(F)c(OCc3c(C)cccc3-n3nnn(C)c3=O)c2)cn1. The lowest BCUT2D eigenvalue weighted by molar-refractivity contribution is 0.289. The number of benzene rings is 2. The Hall–Kier alpha value is -3.81. The van der Waals surface area contributed by atoms with E-state index in [-0.39, 0.29) is 18.0 Å². The summed E-state index contributed by atoms with van der Waals surface area (Å²) in [4.78, 5) is 16.6. The van der Waals surface area contributed by atoms with Gasteiger partial charge in [-0.25, -0.2) is 9.18 Å². The van der Waals surface area contributed by atoms with Gasteiger partial charge in [0.15, 0.2) is 11.6 Å². The maximum atomic E-state index is 14.4. The molecule has 0 atom stereocenters. The third-order valence-corrected chi connectivity index (χ3v) is 4.88. The highest BCUT2D eigenvalue weighted by atomic mass is 19.1. The molecule has 0 amide bonds. The van der Waals surface area contributed by atoms with Gasteiger partial charge in [0.1, 0.15) is 6.61 Å². The van der Waals surface area contributed by atoms with Gasteiger partial charge in [0.2, 0.25) is 0 Å². The molecular weight excluding hydrogens is 385 g/mol. The molecule has 0 aliphatic carbocycles. The Bertz CT molecular complexity index is 1260. The van der Waals surface area contributed by atoms with Gasteiger partial charge in [-0.2, -0.15) is 9.36 Å². The number of aromatic nitrogens is 5. The Morgan fingerprint density at radius 3 is 2.53 bits per heavy atom. The summed E-state index contributed by atoms with van der Waals surface area (Å²) in [5.74, 6) is -0.348. The second-order valence-electron chi connectivity index (χ2n) is 6.99. The third-order valence-electron chi connectivity index (χ3n) is 4.88. The molecule has 0 fully saturated rings. The normalized spacial score (nSPS) is 10.9. The molecule has 152 valence electrons. The molecule has 2 aromatic carbocycles. The van der Waals surface area contributed by atoms with Gasteiger partial charge in [-0.1, -0.05) is 24.3 Å². The van der Waals surface area contributed by atoms with E-state index in [0.29, 0.717) is 5.69 Å². The van der Waals surface area contributed by atoms with Crippen LogP contribution in [0.1, 0.15) is 16.8 Å². The van der Waals surface area contributed by atoms with Gasteiger partial charge in [0, 0.05) is 30.1 Å². The average molecular weight is 405 g/mol. The lowest BCUT2D eigenvalue weighted by atomic mass is 10.1. The van der Waals surface area contributed by atoms with Crippen LogP contribution in [0.15, 0.2) is 59.5 Å². The summed E-state index contributed by atoms with van der Waals surface area (Å²) in [5.41, 5.74) is 4.37. The third kappa shape index (κ3) is 3.71. The molecule has 0 aliphatic rings. The van der Waals surface area contributed by atoms with Crippen molar-refractivity contribution in [3.8, 4) is 22.6 Å². The van der Waals surface area contributed by atoms with Crippen LogP contribution >= 0.6 is 0 Å². The zero-order valence-corrected chi connectivity index (χ0v) is 16.8. The monoisotopic (exact) mass is 405 g/mol. The highest BCUT2D eigenvalue weighted by molar-refractivity contribution is 5.64. The van der Waals surface area contributed by atoms with E-state index < -0.39 is 5.82 Å². The number of tetrazole rings is 1. The molecule has 0 N–H and O–H groups in total. The van der Waals surface area contributed by atoms with Gasteiger partial charge < -0.3 is 4.74 Å². The van der Waals surface area contributed by atoms with E-state index in [1.54, 1.807) is 24.4 Å². The molecule has 0 bridgehead atoms. The van der Waals surface area contributed by atoms with Crippen LogP contribution in [0, 0.1) is 19.7 Å². The number of nitrogens with zero attached hydrogens (tertiary/aromatic N) is 5. The number of halogens is 1. The van der Waals surface area contributed by atoms with Crippen molar-refractivity contribution in [1.82, 2.24) is 24.8 Å². The first kappa shape index (κ1) is 19.5. The van der Waals surface area contributed by atoms with Gasteiger partial charge in [-0.3, -0.25) is 4.98 Å². The summed E-state index contributed by atoms with van der Waals surface area (Å²) >= 11 is 0. The summed E-state index contributed by atoms with van der Waals surface area (Å²) in [6, 6.07) is 14.0. The van der Waals surface area contributed by atoms with Gasteiger partial charge in [0.05, 0.1) is 5.69 Å². The Balaban J connectivity index is 1.66. The molecule has 4 aromatic rings. The van der Waals surface area contributed by atoms with Crippen molar-refractivity contribution in [2.75, 3.05) is 0 Å². The molecule has 2 heterocycles. The number of aryl methyl sites for hydroxylation is 3. The molecule has 0 saturated heterocycles. The fourth-order valence-electron chi connectivity index (χ4n) is 3.12. The number of pyridine rings is 1. The van der Waals surface area contributed by atoms with E-state index in [2.05, 4.69) is 15.4 Å². The van der Waals surface area contributed by atoms with Crippen LogP contribution in [-0.2, 0) is 13.7 Å². The molecule has 2 aromatic heterocycles. The van der Waals surface area contributed by atoms with Crippen molar-refractivity contribution in [3.63, 3.8) is 0 Å². The lowest BCUT2D eigenvalue weighted by Gasteiger charge is -2.14. The predicted molar refractivity (Wildman–Crippen MR) is 110 cm³/mol. The second-order valence-corrected chi connectivity index (χ2v) is 6.99. The largest absolute Gasteiger partial charge is 0.486 e. The topological polar surface area (TPSA) is 74.8 Å². The average Bonchev–Trinajstić information content (AvgIpc) is 3.07. The van der Waals surface area contributed by atoms with E-state index in [1.165, 1.54) is 17.8 Å². The first-order valence-corrected chi connectivity index (χ1v) is 9.37. The van der Waals surface area contributed by atoms with Crippen molar-refractivity contribution in [3.05, 3.63) is 87.9 Å². The van der Waals surface area contributed by atoms with Gasteiger partial charge in [-0.15, -0.1) is 0 Å². The summed E-state index contributed by atoms with van der Waals surface area (Å²) < 4.78 is 22.6. The van der Waals surface area contributed by atoms with Crippen LogP contribution < -0.4 is 10.4 Å². The van der Waals surface area contributed by atoms with E-state index in [4.69, 9.17) is 4.74 Å². The van der Waals surface area contributed by atoms with Crippen LogP contribution in [0.2, 0.25) is 0 Å². The minimum Gasteiger partial charge on any atom is -0.486 e. The minimum absolute atomic E-state index is 0.0670. The molecule has 0 radical (unpaired) electrons. The van der Waals surface area contributed by atoms with Crippen LogP contribution in [0.25, 0.3) is 16.8 Å². The summed E-state index contributed by atoms with van der Waals surface area (Å²) in [6.45, 7) is 3.87. The van der Waals surface area contributed by atoms with Crippen LogP contribution in [-0.4, -0.2) is 24.8 Å². The van der Waals surface area contributed by atoms with Crippen molar-refractivity contribution < 1.29 is 9.13 Å². The molecule has 30 heavy (non-hydrogen) atoms. The fourth-order valence-corrected chi connectivity index (χ4v) is 3.12. The maximum Gasteiger partial charge on any atom is 0.368 e. The molecule has 0 spiro atoms. The minimum atomic E-state index is -0.467. The lowest BCUT2D eigenvalue weighted by Crippen LogP contribution is -2.23. The van der Waals surface area contributed by atoms with Crippen molar-refractivity contribution in [2.24, 2.45) is 7.05 Å². The summed E-state index contributed by atoms with van der Waals surface area (Å²) in [6.07, 6.45) is 1.74. The van der Waals surface area contributed by atoms with Crippen LogP contribution in [0.5, 0.6) is 5.75 Å². The van der Waals surface area contributed by atoms with Crippen molar-refractivity contribution in [2.45, 2.75) is 20.5 Å². The predicted octanol–water partition coefficient (Wildman–Crippen LogP) is 3.36. The first-order chi connectivity index (χ1) is 14.4. The van der Waals surface area contributed by atoms with E-state index in [0.717, 1.165) is 32.6 Å². The number of hydrogen-bond acceptors (Lipinski definition) is 5. The van der Waals surface area contributed by atoms with E-state index in [1.807, 2.05) is 38.1 Å². The highest BCUT2D eigenvalue weighted by Gasteiger charge is 2.15. The molecule has 7 nitrogen and oxygen atoms in total. The van der Waals surface area contributed by atoms with Gasteiger partial charge in [0.25, 0.3) is 0 Å². The quantitative estimate of drug-likeness (QED) is 0.509.